The van der Waals surface area contributed by atoms with Crippen molar-refractivity contribution in [1.29, 1.82) is 0 Å². The number of likely N-dealkylation sites (tertiary alicyclic amines) is 1. The van der Waals surface area contributed by atoms with Crippen LogP contribution in [0.25, 0.3) is 0 Å². The van der Waals surface area contributed by atoms with Crippen molar-refractivity contribution in [2.24, 2.45) is 16.6 Å². The van der Waals surface area contributed by atoms with Crippen LogP contribution < -0.4 is 11.1 Å². The number of hydrogen-bond acceptors (Lipinski definition) is 2. The fourth-order valence-corrected chi connectivity index (χ4v) is 3.04. The molecule has 4 heteroatoms. The van der Waals surface area contributed by atoms with Crippen molar-refractivity contribution < 1.29 is 0 Å². The van der Waals surface area contributed by atoms with E-state index in [-0.39, 0.29) is 0 Å². The average molecular weight is 302 g/mol. The maximum Gasteiger partial charge on any atom is 0.193 e. The van der Waals surface area contributed by atoms with Crippen LogP contribution in [0.2, 0.25) is 0 Å². The number of nitrogens with two attached hydrogens (primary N) is 1. The van der Waals surface area contributed by atoms with Gasteiger partial charge < -0.3 is 16.0 Å². The van der Waals surface area contributed by atoms with Crippen LogP contribution in [0.15, 0.2) is 29.3 Å². The monoisotopic (exact) mass is 302 g/mol. The number of guanidine groups is 1. The maximum atomic E-state index is 5.96. The van der Waals surface area contributed by atoms with E-state index in [0.29, 0.717) is 5.96 Å². The lowest BCUT2D eigenvalue weighted by Crippen LogP contribution is -2.35. The zero-order valence-electron chi connectivity index (χ0n) is 14.0. The Hall–Kier alpha value is -1.55. The van der Waals surface area contributed by atoms with E-state index in [1.807, 2.05) is 12.1 Å². The number of nitrogens with one attached hydrogen (secondary N) is 1. The first-order valence-electron chi connectivity index (χ1n) is 8.55. The van der Waals surface area contributed by atoms with E-state index < -0.39 is 0 Å². The minimum atomic E-state index is 0.514. The number of hydrogen-bond donors (Lipinski definition) is 2. The third-order valence-electron chi connectivity index (χ3n) is 4.26. The first-order chi connectivity index (χ1) is 10.7. The number of aryl methyl sites for hydroxylation is 1. The van der Waals surface area contributed by atoms with E-state index in [4.69, 9.17) is 5.73 Å². The van der Waals surface area contributed by atoms with Crippen LogP contribution in [0.4, 0.5) is 5.69 Å². The van der Waals surface area contributed by atoms with Gasteiger partial charge >= 0.3 is 0 Å². The molecule has 0 spiro atoms. The van der Waals surface area contributed by atoms with Gasteiger partial charge in [0.2, 0.25) is 0 Å². The molecular formula is C18H30N4. The van der Waals surface area contributed by atoms with Crippen molar-refractivity contribution in [3.05, 3.63) is 29.8 Å². The Labute approximate surface area is 134 Å². The first-order valence-corrected chi connectivity index (χ1v) is 8.55. The van der Waals surface area contributed by atoms with Crippen LogP contribution in [-0.2, 0) is 6.42 Å². The lowest BCUT2D eigenvalue weighted by Gasteiger charge is -2.30. The number of benzene rings is 1. The summed E-state index contributed by atoms with van der Waals surface area (Å²) < 4.78 is 0. The Kier molecular flexibility index (Phi) is 6.72. The topological polar surface area (TPSA) is 53.6 Å². The van der Waals surface area contributed by atoms with E-state index in [0.717, 1.165) is 37.5 Å². The van der Waals surface area contributed by atoms with Gasteiger partial charge in [-0.05, 0) is 62.4 Å². The summed E-state index contributed by atoms with van der Waals surface area (Å²) in [5, 5.41) is 3.18. The molecule has 0 saturated carbocycles. The molecule has 22 heavy (non-hydrogen) atoms. The van der Waals surface area contributed by atoms with Crippen LogP contribution in [-0.4, -0.2) is 37.0 Å². The minimum Gasteiger partial charge on any atom is -0.370 e. The third kappa shape index (κ3) is 5.68. The van der Waals surface area contributed by atoms with Crippen molar-refractivity contribution in [1.82, 2.24) is 4.90 Å². The SMILES string of the molecule is CCc1cccc(NC(N)=NCCCN2CCCC(C)C2)c1. The summed E-state index contributed by atoms with van der Waals surface area (Å²) in [6.07, 6.45) is 4.81. The fourth-order valence-electron chi connectivity index (χ4n) is 3.04. The molecule has 0 aromatic heterocycles. The van der Waals surface area contributed by atoms with Gasteiger partial charge in [0.05, 0.1) is 0 Å². The van der Waals surface area contributed by atoms with Gasteiger partial charge in [-0.25, -0.2) is 0 Å². The molecule has 0 aliphatic carbocycles. The molecule has 1 aliphatic rings. The molecule has 1 saturated heterocycles. The zero-order valence-corrected chi connectivity index (χ0v) is 14.0. The summed E-state index contributed by atoms with van der Waals surface area (Å²) in [6.45, 7) is 8.89. The lowest BCUT2D eigenvalue weighted by atomic mass is 10.0. The zero-order chi connectivity index (χ0) is 15.8. The molecule has 1 atom stereocenters. The molecule has 1 unspecified atom stereocenters. The van der Waals surface area contributed by atoms with Crippen molar-refractivity contribution >= 4 is 11.6 Å². The summed E-state index contributed by atoms with van der Waals surface area (Å²) in [4.78, 5) is 6.99. The van der Waals surface area contributed by atoms with E-state index >= 15 is 0 Å². The number of rotatable bonds is 6. The molecule has 1 fully saturated rings. The highest BCUT2D eigenvalue weighted by atomic mass is 15.1. The Bertz CT molecular complexity index is 484. The van der Waals surface area contributed by atoms with Gasteiger partial charge in [-0.15, -0.1) is 0 Å². The normalized spacial score (nSPS) is 20.1. The lowest BCUT2D eigenvalue weighted by molar-refractivity contribution is 0.183. The first kappa shape index (κ1) is 16.8. The van der Waals surface area contributed by atoms with Crippen molar-refractivity contribution in [2.45, 2.75) is 39.5 Å². The second-order valence-electron chi connectivity index (χ2n) is 6.35. The smallest absolute Gasteiger partial charge is 0.193 e. The molecule has 2 rings (SSSR count). The second-order valence-corrected chi connectivity index (χ2v) is 6.35. The largest absolute Gasteiger partial charge is 0.370 e. The summed E-state index contributed by atoms with van der Waals surface area (Å²) in [7, 11) is 0. The molecule has 1 aromatic carbocycles. The van der Waals surface area contributed by atoms with Crippen molar-refractivity contribution in [2.75, 3.05) is 31.5 Å². The molecule has 1 heterocycles. The Morgan fingerprint density at radius 2 is 2.32 bits per heavy atom. The Morgan fingerprint density at radius 1 is 1.45 bits per heavy atom. The van der Waals surface area contributed by atoms with Crippen molar-refractivity contribution in [3.8, 4) is 0 Å². The average Bonchev–Trinajstić information content (AvgIpc) is 2.52. The fraction of sp³-hybridized carbons (Fsp3) is 0.611. The van der Waals surface area contributed by atoms with Crippen LogP contribution in [0, 0.1) is 5.92 Å². The van der Waals surface area contributed by atoms with Crippen LogP contribution in [0.1, 0.15) is 38.7 Å². The van der Waals surface area contributed by atoms with Gasteiger partial charge in [0.1, 0.15) is 0 Å². The van der Waals surface area contributed by atoms with Gasteiger partial charge in [-0.2, -0.15) is 0 Å². The van der Waals surface area contributed by atoms with Crippen LogP contribution in [0.5, 0.6) is 0 Å². The minimum absolute atomic E-state index is 0.514. The van der Waals surface area contributed by atoms with E-state index in [1.165, 1.54) is 31.5 Å². The quantitative estimate of drug-likeness (QED) is 0.482. The second kappa shape index (κ2) is 8.79. The van der Waals surface area contributed by atoms with Gasteiger partial charge in [0, 0.05) is 18.8 Å². The number of nitrogens with zero attached hydrogens (tertiary/aromatic N) is 2. The highest BCUT2D eigenvalue weighted by Gasteiger charge is 2.15. The molecule has 4 nitrogen and oxygen atoms in total. The summed E-state index contributed by atoms with van der Waals surface area (Å²) in [6, 6.07) is 8.32. The Morgan fingerprint density at radius 3 is 3.09 bits per heavy atom. The van der Waals surface area contributed by atoms with E-state index in [1.54, 1.807) is 0 Å². The van der Waals surface area contributed by atoms with E-state index in [2.05, 4.69) is 41.2 Å². The number of aliphatic imine (C=N–C) groups is 1. The molecule has 1 aliphatic heterocycles. The third-order valence-corrected chi connectivity index (χ3v) is 4.26. The standard InChI is InChI=1S/C18H30N4/c1-3-16-8-4-9-17(13-16)21-18(19)20-10-6-12-22-11-5-7-15(2)14-22/h4,8-9,13,15H,3,5-7,10-12,14H2,1-2H3,(H3,19,20,21). The van der Waals surface area contributed by atoms with Gasteiger partial charge in [0.25, 0.3) is 0 Å². The molecule has 0 bridgehead atoms. The number of anilines is 1. The molecule has 0 amide bonds. The van der Waals surface area contributed by atoms with E-state index in [9.17, 15) is 0 Å². The molecule has 3 N–H and O–H groups in total. The molecule has 0 radical (unpaired) electrons. The summed E-state index contributed by atoms with van der Waals surface area (Å²) in [5.74, 6) is 1.36. The predicted octanol–water partition coefficient (Wildman–Crippen LogP) is 3.10. The number of piperidine rings is 1. The predicted molar refractivity (Wildman–Crippen MR) is 95.4 cm³/mol. The molecule has 122 valence electrons. The molecular weight excluding hydrogens is 272 g/mol. The van der Waals surface area contributed by atoms with Crippen molar-refractivity contribution in [3.63, 3.8) is 0 Å². The summed E-state index contributed by atoms with van der Waals surface area (Å²) >= 11 is 0. The molecule has 1 aromatic rings. The van der Waals surface area contributed by atoms with Gasteiger partial charge in [-0.3, -0.25) is 4.99 Å². The van der Waals surface area contributed by atoms with Crippen LogP contribution >= 0.6 is 0 Å². The Balaban J connectivity index is 1.70. The summed E-state index contributed by atoms with van der Waals surface area (Å²) in [5.41, 5.74) is 8.29. The van der Waals surface area contributed by atoms with Gasteiger partial charge in [-0.1, -0.05) is 26.0 Å². The van der Waals surface area contributed by atoms with Gasteiger partial charge in [0.15, 0.2) is 5.96 Å². The maximum absolute atomic E-state index is 5.96. The highest BCUT2D eigenvalue weighted by molar-refractivity contribution is 5.92. The highest BCUT2D eigenvalue weighted by Crippen LogP contribution is 2.15. The van der Waals surface area contributed by atoms with Crippen LogP contribution in [0.3, 0.4) is 0 Å².